The van der Waals surface area contributed by atoms with Gasteiger partial charge in [-0.05, 0) is 30.4 Å². The predicted molar refractivity (Wildman–Crippen MR) is 82.8 cm³/mol. The highest BCUT2D eigenvalue weighted by Gasteiger charge is 2.26. The van der Waals surface area contributed by atoms with E-state index in [0.717, 1.165) is 30.5 Å². The molecule has 1 nitrogen and oxygen atoms in total. The average molecular weight is 313 g/mol. The van der Waals surface area contributed by atoms with Crippen LogP contribution >= 0.6 is 15.9 Å². The van der Waals surface area contributed by atoms with Crippen LogP contribution in [0.15, 0.2) is 24.3 Å². The minimum atomic E-state index is 0.254. The largest absolute Gasteiger partial charge is 0.493 e. The first-order valence-electron chi connectivity index (χ1n) is 6.86. The minimum Gasteiger partial charge on any atom is -0.493 e. The summed E-state index contributed by atoms with van der Waals surface area (Å²) in [6.07, 6.45) is 2.27. The van der Waals surface area contributed by atoms with E-state index in [1.165, 1.54) is 5.56 Å². The van der Waals surface area contributed by atoms with Gasteiger partial charge in [0, 0.05) is 10.7 Å². The van der Waals surface area contributed by atoms with Gasteiger partial charge in [0.1, 0.15) is 5.75 Å². The minimum absolute atomic E-state index is 0.254. The summed E-state index contributed by atoms with van der Waals surface area (Å²) in [6, 6.07) is 8.38. The molecule has 0 spiro atoms. The Morgan fingerprint density at radius 1 is 1.17 bits per heavy atom. The number of para-hydroxylation sites is 1. The van der Waals surface area contributed by atoms with Crippen LogP contribution in [-0.4, -0.2) is 11.9 Å². The number of hydrogen-bond donors (Lipinski definition) is 0. The summed E-state index contributed by atoms with van der Waals surface area (Å²) in [5.41, 5.74) is 1.55. The molecule has 0 saturated carbocycles. The summed E-state index contributed by atoms with van der Waals surface area (Å²) < 4.78 is 6.11. The number of rotatable bonds is 7. The predicted octanol–water partition coefficient (Wildman–Crippen LogP) is 5.39. The molecule has 2 heteroatoms. The number of alkyl halides is 1. The highest BCUT2D eigenvalue weighted by Crippen LogP contribution is 2.32. The molecule has 0 unspecified atom stereocenters. The summed E-state index contributed by atoms with van der Waals surface area (Å²) in [5, 5.41) is 0.997. The highest BCUT2D eigenvalue weighted by molar-refractivity contribution is 9.09. The number of ether oxygens (including phenoxy) is 1. The second-order valence-electron chi connectivity index (χ2n) is 5.32. The maximum atomic E-state index is 6.11. The van der Waals surface area contributed by atoms with Gasteiger partial charge in [-0.3, -0.25) is 0 Å². The Balaban J connectivity index is 2.79. The lowest BCUT2D eigenvalue weighted by molar-refractivity contribution is 0.156. The van der Waals surface area contributed by atoms with Gasteiger partial charge < -0.3 is 4.74 Å². The summed E-state index contributed by atoms with van der Waals surface area (Å²) in [4.78, 5) is 0. The molecule has 0 aliphatic rings. The van der Waals surface area contributed by atoms with Crippen LogP contribution in [0.5, 0.6) is 5.75 Å². The Kier molecular flexibility index (Phi) is 6.20. The summed E-state index contributed by atoms with van der Waals surface area (Å²) in [7, 11) is 0. The first-order chi connectivity index (χ1) is 8.58. The van der Waals surface area contributed by atoms with Crippen molar-refractivity contribution in [1.29, 1.82) is 0 Å². The van der Waals surface area contributed by atoms with Gasteiger partial charge in [-0.25, -0.2) is 0 Å². The molecule has 0 aromatic heterocycles. The van der Waals surface area contributed by atoms with Crippen molar-refractivity contribution in [3.8, 4) is 5.75 Å². The van der Waals surface area contributed by atoms with E-state index in [0.29, 0.717) is 5.92 Å². The molecule has 1 aromatic rings. The first-order valence-corrected chi connectivity index (χ1v) is 7.98. The van der Waals surface area contributed by atoms with Gasteiger partial charge in [-0.2, -0.15) is 0 Å². The molecule has 0 bridgehead atoms. The molecule has 0 N–H and O–H groups in total. The normalized spacial score (nSPS) is 11.9. The van der Waals surface area contributed by atoms with Gasteiger partial charge >= 0.3 is 0 Å². The quantitative estimate of drug-likeness (QED) is 0.613. The fraction of sp³-hybridized carbons (Fsp3) is 0.625. The fourth-order valence-electron chi connectivity index (χ4n) is 2.00. The molecule has 0 aliphatic carbocycles. The SMILES string of the molecule is CCC(CC)(CBr)COc1ccccc1C(C)C. The Morgan fingerprint density at radius 3 is 2.28 bits per heavy atom. The van der Waals surface area contributed by atoms with Gasteiger partial charge in [0.15, 0.2) is 0 Å². The molecule has 1 aromatic carbocycles. The van der Waals surface area contributed by atoms with Crippen molar-refractivity contribution in [2.24, 2.45) is 5.41 Å². The van der Waals surface area contributed by atoms with E-state index in [4.69, 9.17) is 4.74 Å². The van der Waals surface area contributed by atoms with Gasteiger partial charge in [0.05, 0.1) is 6.61 Å². The molecule has 0 fully saturated rings. The van der Waals surface area contributed by atoms with E-state index in [2.05, 4.69) is 67.9 Å². The van der Waals surface area contributed by atoms with E-state index >= 15 is 0 Å². The molecule has 0 atom stereocenters. The second-order valence-corrected chi connectivity index (χ2v) is 5.88. The fourth-order valence-corrected chi connectivity index (χ4v) is 2.96. The van der Waals surface area contributed by atoms with Crippen LogP contribution in [0.4, 0.5) is 0 Å². The van der Waals surface area contributed by atoms with E-state index < -0.39 is 0 Å². The maximum Gasteiger partial charge on any atom is 0.122 e. The molecule has 0 saturated heterocycles. The Morgan fingerprint density at radius 2 is 1.78 bits per heavy atom. The van der Waals surface area contributed by atoms with Crippen molar-refractivity contribution >= 4 is 15.9 Å². The monoisotopic (exact) mass is 312 g/mol. The van der Waals surface area contributed by atoms with Crippen LogP contribution in [0.3, 0.4) is 0 Å². The van der Waals surface area contributed by atoms with Crippen molar-refractivity contribution in [3.05, 3.63) is 29.8 Å². The average Bonchev–Trinajstić information content (AvgIpc) is 2.41. The summed E-state index contributed by atoms with van der Waals surface area (Å²) in [5.74, 6) is 1.54. The molecule has 102 valence electrons. The van der Waals surface area contributed by atoms with Crippen molar-refractivity contribution < 1.29 is 4.74 Å². The third-order valence-electron chi connectivity index (χ3n) is 3.86. The van der Waals surface area contributed by atoms with Gasteiger partial charge in [0.25, 0.3) is 0 Å². The first kappa shape index (κ1) is 15.6. The number of halogens is 1. The molecule has 0 radical (unpaired) electrons. The van der Waals surface area contributed by atoms with Gasteiger partial charge in [-0.15, -0.1) is 0 Å². The third-order valence-corrected chi connectivity index (χ3v) is 5.05. The Labute approximate surface area is 120 Å². The lowest BCUT2D eigenvalue weighted by Gasteiger charge is -2.30. The zero-order chi connectivity index (χ0) is 13.6. The Hall–Kier alpha value is -0.500. The zero-order valence-corrected chi connectivity index (χ0v) is 13.6. The van der Waals surface area contributed by atoms with Crippen LogP contribution in [0.2, 0.25) is 0 Å². The van der Waals surface area contributed by atoms with Gasteiger partial charge in [0.2, 0.25) is 0 Å². The van der Waals surface area contributed by atoms with Crippen molar-refractivity contribution in [3.63, 3.8) is 0 Å². The Bertz CT molecular complexity index is 348. The van der Waals surface area contributed by atoms with Gasteiger partial charge in [-0.1, -0.05) is 61.8 Å². The topological polar surface area (TPSA) is 9.23 Å². The van der Waals surface area contributed by atoms with Crippen LogP contribution in [-0.2, 0) is 0 Å². The molecule has 0 heterocycles. The van der Waals surface area contributed by atoms with Crippen LogP contribution in [0, 0.1) is 5.41 Å². The number of hydrogen-bond acceptors (Lipinski definition) is 1. The number of benzene rings is 1. The highest BCUT2D eigenvalue weighted by atomic mass is 79.9. The van der Waals surface area contributed by atoms with Crippen LogP contribution in [0.25, 0.3) is 0 Å². The lowest BCUT2D eigenvalue weighted by Crippen LogP contribution is -2.29. The lowest BCUT2D eigenvalue weighted by atomic mass is 9.86. The standard InChI is InChI=1S/C16H25BrO/c1-5-16(6-2,11-17)12-18-15-10-8-7-9-14(15)13(3)4/h7-10,13H,5-6,11-12H2,1-4H3. The molecule has 0 amide bonds. The van der Waals surface area contributed by atoms with Crippen molar-refractivity contribution in [1.82, 2.24) is 0 Å². The molecule has 1 rings (SSSR count). The summed E-state index contributed by atoms with van der Waals surface area (Å²) in [6.45, 7) is 9.68. The van der Waals surface area contributed by atoms with Crippen LogP contribution < -0.4 is 4.74 Å². The molecular weight excluding hydrogens is 288 g/mol. The molecule has 0 aliphatic heterocycles. The smallest absolute Gasteiger partial charge is 0.122 e. The van der Waals surface area contributed by atoms with E-state index in [1.54, 1.807) is 0 Å². The van der Waals surface area contributed by atoms with E-state index in [-0.39, 0.29) is 5.41 Å². The molecular formula is C16H25BrO. The van der Waals surface area contributed by atoms with Crippen molar-refractivity contribution in [2.45, 2.75) is 46.5 Å². The third kappa shape index (κ3) is 3.74. The zero-order valence-electron chi connectivity index (χ0n) is 12.0. The maximum absolute atomic E-state index is 6.11. The molecule has 18 heavy (non-hydrogen) atoms. The van der Waals surface area contributed by atoms with Crippen LogP contribution in [0.1, 0.15) is 52.0 Å². The van der Waals surface area contributed by atoms with E-state index in [1.807, 2.05) is 0 Å². The second kappa shape index (κ2) is 7.18. The van der Waals surface area contributed by atoms with E-state index in [9.17, 15) is 0 Å². The van der Waals surface area contributed by atoms with Crippen molar-refractivity contribution in [2.75, 3.05) is 11.9 Å². The summed E-state index contributed by atoms with van der Waals surface area (Å²) >= 11 is 3.63.